The zero-order valence-corrected chi connectivity index (χ0v) is 18.3. The van der Waals surface area contributed by atoms with Gasteiger partial charge in [0.05, 0.1) is 37.8 Å². The summed E-state index contributed by atoms with van der Waals surface area (Å²) in [5.74, 6) is 1.14. The molecule has 3 heterocycles. The first kappa shape index (κ1) is 20.4. The lowest BCUT2D eigenvalue weighted by Gasteiger charge is -2.26. The van der Waals surface area contributed by atoms with Gasteiger partial charge in [-0.05, 0) is 29.1 Å². The van der Waals surface area contributed by atoms with Crippen molar-refractivity contribution in [2.24, 2.45) is 0 Å². The summed E-state index contributed by atoms with van der Waals surface area (Å²) in [6.07, 6.45) is 0.967. The van der Waals surface area contributed by atoms with Crippen molar-refractivity contribution in [1.29, 1.82) is 0 Å². The van der Waals surface area contributed by atoms with Gasteiger partial charge in [-0.25, -0.2) is 4.98 Å². The van der Waals surface area contributed by atoms with Crippen LogP contribution in [0.25, 0.3) is 0 Å². The average Bonchev–Trinajstić information content (AvgIpc) is 3.42. The Morgan fingerprint density at radius 2 is 2.03 bits per heavy atom. The number of hydrogen-bond acceptors (Lipinski definition) is 7. The van der Waals surface area contributed by atoms with Gasteiger partial charge in [-0.2, -0.15) is 0 Å². The molecule has 0 unspecified atom stereocenters. The first-order valence-corrected chi connectivity index (χ1v) is 11.1. The van der Waals surface area contributed by atoms with E-state index in [-0.39, 0.29) is 18.2 Å². The van der Waals surface area contributed by atoms with E-state index in [4.69, 9.17) is 9.47 Å². The smallest absolute Gasteiger partial charge is 0.267 e. The molecule has 1 aromatic carbocycles. The molecule has 156 valence electrons. The van der Waals surface area contributed by atoms with E-state index < -0.39 is 0 Å². The minimum atomic E-state index is -0.155. The number of hydrogen-bond donors (Lipinski definition) is 1. The van der Waals surface area contributed by atoms with Crippen LogP contribution < -0.4 is 14.8 Å². The van der Waals surface area contributed by atoms with Gasteiger partial charge in [-0.1, -0.05) is 23.5 Å². The number of nitrogens with zero attached hydrogens (tertiary/aromatic N) is 2. The molecule has 0 aliphatic carbocycles. The van der Waals surface area contributed by atoms with Gasteiger partial charge in [0.15, 0.2) is 16.6 Å². The molecule has 7 nitrogen and oxygen atoms in total. The highest BCUT2D eigenvalue weighted by Crippen LogP contribution is 2.30. The van der Waals surface area contributed by atoms with Crippen LogP contribution in [0.15, 0.2) is 35.7 Å². The van der Waals surface area contributed by atoms with Crippen LogP contribution in [0.1, 0.15) is 25.8 Å². The summed E-state index contributed by atoms with van der Waals surface area (Å²) in [7, 11) is 3.16. The molecule has 0 bridgehead atoms. The summed E-state index contributed by atoms with van der Waals surface area (Å²) in [6, 6.07) is 9.13. The van der Waals surface area contributed by atoms with E-state index in [0.29, 0.717) is 41.0 Å². The fourth-order valence-electron chi connectivity index (χ4n) is 3.31. The van der Waals surface area contributed by atoms with Crippen molar-refractivity contribution in [3.05, 3.63) is 56.7 Å². The highest BCUT2D eigenvalue weighted by Gasteiger charge is 2.25. The van der Waals surface area contributed by atoms with Crippen LogP contribution in [0.3, 0.4) is 0 Å². The Kier molecular flexibility index (Phi) is 6.01. The molecule has 2 aromatic heterocycles. The van der Waals surface area contributed by atoms with E-state index in [1.807, 2.05) is 34.5 Å². The molecular formula is C21H21N3O4S2. The molecule has 30 heavy (non-hydrogen) atoms. The largest absolute Gasteiger partial charge is 0.493 e. The van der Waals surface area contributed by atoms with E-state index in [2.05, 4.69) is 10.3 Å². The quantitative estimate of drug-likeness (QED) is 0.630. The van der Waals surface area contributed by atoms with Crippen molar-refractivity contribution in [2.45, 2.75) is 19.4 Å². The zero-order chi connectivity index (χ0) is 21.1. The molecule has 4 rings (SSSR count). The third kappa shape index (κ3) is 4.31. The number of carbonyl (C=O) groups excluding carboxylic acids is 2. The normalized spacial score (nSPS) is 12.9. The second kappa shape index (κ2) is 8.85. The number of fused-ring (bicyclic) bond motifs is 1. The number of thiophene rings is 1. The Balaban J connectivity index is 1.41. The number of carbonyl (C=O) groups is 2. The van der Waals surface area contributed by atoms with Crippen LogP contribution in [0.5, 0.6) is 11.5 Å². The first-order valence-electron chi connectivity index (χ1n) is 9.39. The van der Waals surface area contributed by atoms with E-state index in [9.17, 15) is 9.59 Å². The Morgan fingerprint density at radius 3 is 2.77 bits per heavy atom. The van der Waals surface area contributed by atoms with Gasteiger partial charge in [0.1, 0.15) is 0 Å². The van der Waals surface area contributed by atoms with Crippen LogP contribution in [-0.2, 0) is 24.2 Å². The highest BCUT2D eigenvalue weighted by molar-refractivity contribution is 7.16. The lowest BCUT2D eigenvalue weighted by Crippen LogP contribution is -2.36. The van der Waals surface area contributed by atoms with Gasteiger partial charge in [0, 0.05) is 17.8 Å². The fraction of sp³-hybridized carbons (Fsp3) is 0.286. The van der Waals surface area contributed by atoms with Crippen molar-refractivity contribution >= 4 is 39.6 Å². The number of amides is 2. The second-order valence-electron chi connectivity index (χ2n) is 6.75. The average molecular weight is 444 g/mol. The van der Waals surface area contributed by atoms with Crippen molar-refractivity contribution < 1.29 is 19.1 Å². The predicted octanol–water partition coefficient (Wildman–Crippen LogP) is 3.60. The molecule has 0 atom stereocenters. The van der Waals surface area contributed by atoms with Gasteiger partial charge in [-0.15, -0.1) is 11.3 Å². The Bertz CT molecular complexity index is 1060. The molecule has 0 fully saturated rings. The van der Waals surface area contributed by atoms with Crippen LogP contribution in [-0.4, -0.2) is 42.5 Å². The minimum absolute atomic E-state index is 0.0467. The number of ether oxygens (including phenoxy) is 2. The summed E-state index contributed by atoms with van der Waals surface area (Å²) in [6.45, 7) is 1.12. The van der Waals surface area contributed by atoms with Crippen LogP contribution in [0.4, 0.5) is 5.13 Å². The fourth-order valence-corrected chi connectivity index (χ4v) is 4.94. The topological polar surface area (TPSA) is 80.8 Å². The zero-order valence-electron chi connectivity index (χ0n) is 16.6. The Hall–Kier alpha value is -2.91. The van der Waals surface area contributed by atoms with E-state index in [0.717, 1.165) is 16.1 Å². The monoisotopic (exact) mass is 443 g/mol. The first-order chi connectivity index (χ1) is 14.6. The van der Waals surface area contributed by atoms with Gasteiger partial charge in [0.25, 0.3) is 5.91 Å². The van der Waals surface area contributed by atoms with Crippen molar-refractivity contribution in [3.8, 4) is 11.5 Å². The maximum Gasteiger partial charge on any atom is 0.267 e. The standard InChI is InChI=1S/C21H21N3O4S2/c1-27-15-6-5-13(10-16(15)28-2)11-19(25)24-8-7-14-18(12-24)30-21(22-14)23-20(26)17-4-3-9-29-17/h3-6,9-10H,7-8,11-12H2,1-2H3,(H,22,23,26). The lowest BCUT2D eigenvalue weighted by atomic mass is 10.1. The third-order valence-corrected chi connectivity index (χ3v) is 6.72. The minimum Gasteiger partial charge on any atom is -0.493 e. The van der Waals surface area contributed by atoms with Gasteiger partial charge >= 0.3 is 0 Å². The van der Waals surface area contributed by atoms with Gasteiger partial charge in [-0.3, -0.25) is 14.9 Å². The van der Waals surface area contributed by atoms with Crippen LogP contribution in [0.2, 0.25) is 0 Å². The van der Waals surface area contributed by atoms with Crippen molar-refractivity contribution in [2.75, 3.05) is 26.1 Å². The molecule has 3 aromatic rings. The predicted molar refractivity (Wildman–Crippen MR) is 117 cm³/mol. The number of aromatic nitrogens is 1. The number of methoxy groups -OCH3 is 2. The van der Waals surface area contributed by atoms with E-state index in [1.54, 1.807) is 20.3 Å². The van der Waals surface area contributed by atoms with E-state index >= 15 is 0 Å². The van der Waals surface area contributed by atoms with Gasteiger partial charge in [0.2, 0.25) is 5.91 Å². The van der Waals surface area contributed by atoms with Crippen molar-refractivity contribution in [3.63, 3.8) is 0 Å². The maximum atomic E-state index is 12.8. The Labute approximate surface area is 182 Å². The molecule has 0 saturated carbocycles. The lowest BCUT2D eigenvalue weighted by molar-refractivity contribution is -0.131. The molecular weight excluding hydrogens is 422 g/mol. The second-order valence-corrected chi connectivity index (χ2v) is 8.78. The SMILES string of the molecule is COc1ccc(CC(=O)N2CCc3nc(NC(=O)c4cccs4)sc3C2)cc1OC. The molecule has 0 spiro atoms. The molecule has 1 aliphatic rings. The number of nitrogens with one attached hydrogen (secondary N) is 1. The number of benzene rings is 1. The number of thiazole rings is 1. The molecule has 2 amide bonds. The van der Waals surface area contributed by atoms with Crippen LogP contribution in [0, 0.1) is 0 Å². The molecule has 0 saturated heterocycles. The molecule has 1 N–H and O–H groups in total. The summed E-state index contributed by atoms with van der Waals surface area (Å²) in [5.41, 5.74) is 1.83. The Morgan fingerprint density at radius 1 is 1.20 bits per heavy atom. The third-order valence-electron chi connectivity index (χ3n) is 4.85. The van der Waals surface area contributed by atoms with Gasteiger partial charge < -0.3 is 14.4 Å². The molecule has 0 radical (unpaired) electrons. The number of rotatable bonds is 6. The summed E-state index contributed by atoms with van der Waals surface area (Å²) < 4.78 is 10.6. The maximum absolute atomic E-state index is 12.8. The summed E-state index contributed by atoms with van der Waals surface area (Å²) in [5, 5.41) is 5.30. The summed E-state index contributed by atoms with van der Waals surface area (Å²) >= 11 is 2.82. The molecule has 9 heteroatoms. The van der Waals surface area contributed by atoms with Crippen LogP contribution >= 0.6 is 22.7 Å². The molecule has 1 aliphatic heterocycles. The van der Waals surface area contributed by atoms with Crippen molar-refractivity contribution in [1.82, 2.24) is 9.88 Å². The number of anilines is 1. The van der Waals surface area contributed by atoms with E-state index in [1.165, 1.54) is 22.7 Å². The summed E-state index contributed by atoms with van der Waals surface area (Å²) in [4.78, 5) is 33.1. The highest BCUT2D eigenvalue weighted by atomic mass is 32.1.